The van der Waals surface area contributed by atoms with Gasteiger partial charge in [-0.2, -0.15) is 0 Å². The summed E-state index contributed by atoms with van der Waals surface area (Å²) in [5.74, 6) is 0.536. The number of methoxy groups -OCH3 is 1. The maximum atomic E-state index is 11.9. The summed E-state index contributed by atoms with van der Waals surface area (Å²) in [4.78, 5) is 10.5. The van der Waals surface area contributed by atoms with E-state index < -0.39 is 16.1 Å². The zero-order chi connectivity index (χ0) is 14.5. The molecular formula is C10H14BrN3O4S. The molecule has 2 amide bonds. The van der Waals surface area contributed by atoms with Crippen molar-refractivity contribution in [2.24, 2.45) is 5.73 Å². The maximum Gasteiger partial charge on any atom is 0.312 e. The van der Waals surface area contributed by atoms with E-state index in [2.05, 4.69) is 26.0 Å². The van der Waals surface area contributed by atoms with Crippen LogP contribution >= 0.6 is 15.9 Å². The lowest BCUT2D eigenvalue weighted by Gasteiger charge is -2.09. The number of halogens is 1. The second-order valence-electron chi connectivity index (χ2n) is 3.49. The molecular weight excluding hydrogens is 338 g/mol. The summed E-state index contributed by atoms with van der Waals surface area (Å²) < 4.78 is 31.7. The van der Waals surface area contributed by atoms with E-state index in [1.54, 1.807) is 6.07 Å². The van der Waals surface area contributed by atoms with E-state index in [9.17, 15) is 13.2 Å². The second kappa shape index (κ2) is 6.73. The largest absolute Gasteiger partial charge is 0.496 e. The van der Waals surface area contributed by atoms with Gasteiger partial charge in [0.05, 0.1) is 16.5 Å². The fourth-order valence-electron chi connectivity index (χ4n) is 1.27. The van der Waals surface area contributed by atoms with Crippen molar-refractivity contribution in [2.45, 2.75) is 4.90 Å². The normalized spacial score (nSPS) is 11.1. The number of ether oxygens (including phenoxy) is 1. The zero-order valence-corrected chi connectivity index (χ0v) is 12.5. The number of urea groups is 1. The first-order chi connectivity index (χ1) is 8.86. The molecule has 0 saturated heterocycles. The number of nitrogens with two attached hydrogens (primary N) is 1. The van der Waals surface area contributed by atoms with Crippen molar-refractivity contribution in [1.82, 2.24) is 10.0 Å². The minimum atomic E-state index is -3.63. The van der Waals surface area contributed by atoms with E-state index in [0.29, 0.717) is 10.2 Å². The Kier molecular flexibility index (Phi) is 5.58. The predicted molar refractivity (Wildman–Crippen MR) is 73.5 cm³/mol. The van der Waals surface area contributed by atoms with Gasteiger partial charge in [-0.05, 0) is 34.1 Å². The molecule has 0 atom stereocenters. The first-order valence-corrected chi connectivity index (χ1v) is 7.51. The third-order valence-corrected chi connectivity index (χ3v) is 4.23. The number of hydrogen-bond acceptors (Lipinski definition) is 4. The fraction of sp³-hybridized carbons (Fsp3) is 0.300. The Labute approximate surface area is 119 Å². The third kappa shape index (κ3) is 4.69. The lowest BCUT2D eigenvalue weighted by Crippen LogP contribution is -2.37. The van der Waals surface area contributed by atoms with E-state index in [4.69, 9.17) is 10.5 Å². The molecule has 7 nitrogen and oxygen atoms in total. The zero-order valence-electron chi connectivity index (χ0n) is 10.1. The summed E-state index contributed by atoms with van der Waals surface area (Å²) in [5.41, 5.74) is 4.86. The summed E-state index contributed by atoms with van der Waals surface area (Å²) in [6.07, 6.45) is 0. The van der Waals surface area contributed by atoms with Crippen molar-refractivity contribution in [3.05, 3.63) is 22.7 Å². The van der Waals surface area contributed by atoms with E-state index in [-0.39, 0.29) is 18.0 Å². The lowest BCUT2D eigenvalue weighted by atomic mass is 10.3. The molecule has 4 N–H and O–H groups in total. The van der Waals surface area contributed by atoms with E-state index in [1.165, 1.54) is 19.2 Å². The topological polar surface area (TPSA) is 111 Å². The van der Waals surface area contributed by atoms with Crippen LogP contribution in [0.4, 0.5) is 4.79 Å². The van der Waals surface area contributed by atoms with Gasteiger partial charge in [0.25, 0.3) is 0 Å². The van der Waals surface area contributed by atoms with Crippen molar-refractivity contribution < 1.29 is 17.9 Å². The highest BCUT2D eigenvalue weighted by Gasteiger charge is 2.15. The van der Waals surface area contributed by atoms with Crippen LogP contribution in [-0.4, -0.2) is 34.6 Å². The molecule has 0 unspecified atom stereocenters. The first-order valence-electron chi connectivity index (χ1n) is 5.23. The number of hydrogen-bond donors (Lipinski definition) is 3. The van der Waals surface area contributed by atoms with E-state index in [0.717, 1.165) is 0 Å². The smallest absolute Gasteiger partial charge is 0.312 e. The Morgan fingerprint density at radius 3 is 2.63 bits per heavy atom. The first kappa shape index (κ1) is 15.7. The quantitative estimate of drug-likeness (QED) is 0.644. The number of primary amides is 1. The molecule has 106 valence electrons. The number of amides is 2. The Bertz CT molecular complexity index is 562. The Hall–Kier alpha value is -1.32. The molecule has 9 heteroatoms. The third-order valence-electron chi connectivity index (χ3n) is 2.15. The molecule has 0 heterocycles. The van der Waals surface area contributed by atoms with Gasteiger partial charge in [-0.1, -0.05) is 0 Å². The summed E-state index contributed by atoms with van der Waals surface area (Å²) in [6, 6.07) is 3.70. The molecule has 0 aliphatic rings. The molecule has 0 aliphatic heterocycles. The van der Waals surface area contributed by atoms with Gasteiger partial charge in [0, 0.05) is 13.1 Å². The van der Waals surface area contributed by atoms with Gasteiger partial charge in [0.2, 0.25) is 10.0 Å². The van der Waals surface area contributed by atoms with Crippen molar-refractivity contribution in [3.8, 4) is 5.75 Å². The summed E-state index contributed by atoms with van der Waals surface area (Å²) in [5, 5.41) is 2.28. The second-order valence-corrected chi connectivity index (χ2v) is 6.11. The fourth-order valence-corrected chi connectivity index (χ4v) is 3.02. The van der Waals surface area contributed by atoms with Crippen LogP contribution in [0.1, 0.15) is 0 Å². The summed E-state index contributed by atoms with van der Waals surface area (Å²) >= 11 is 3.21. The average Bonchev–Trinajstić information content (AvgIpc) is 2.34. The van der Waals surface area contributed by atoms with Crippen LogP contribution in [0.25, 0.3) is 0 Å². The van der Waals surface area contributed by atoms with Gasteiger partial charge >= 0.3 is 6.03 Å². The maximum absolute atomic E-state index is 11.9. The molecule has 0 aromatic heterocycles. The highest BCUT2D eigenvalue weighted by molar-refractivity contribution is 9.10. The number of carbonyl (C=O) groups is 1. The minimum absolute atomic E-state index is 0.0505. The molecule has 0 radical (unpaired) electrons. The van der Waals surface area contributed by atoms with Crippen LogP contribution in [0, 0.1) is 0 Å². The summed E-state index contributed by atoms with van der Waals surface area (Å²) in [7, 11) is -2.15. The Morgan fingerprint density at radius 1 is 1.42 bits per heavy atom. The number of nitrogens with one attached hydrogen (secondary N) is 2. The molecule has 0 spiro atoms. The number of carbonyl (C=O) groups excluding carboxylic acids is 1. The highest BCUT2D eigenvalue weighted by atomic mass is 79.9. The molecule has 0 aliphatic carbocycles. The van der Waals surface area contributed by atoms with Gasteiger partial charge in [0.15, 0.2) is 0 Å². The van der Waals surface area contributed by atoms with Crippen LogP contribution in [0.15, 0.2) is 27.6 Å². The van der Waals surface area contributed by atoms with E-state index in [1.807, 2.05) is 0 Å². The number of sulfonamides is 1. The van der Waals surface area contributed by atoms with E-state index >= 15 is 0 Å². The number of benzene rings is 1. The van der Waals surface area contributed by atoms with Crippen molar-refractivity contribution in [2.75, 3.05) is 20.2 Å². The highest BCUT2D eigenvalue weighted by Crippen LogP contribution is 2.27. The van der Waals surface area contributed by atoms with Crippen LogP contribution in [0.2, 0.25) is 0 Å². The molecule has 1 rings (SSSR count). The predicted octanol–water partition coefficient (Wildman–Crippen LogP) is 0.404. The van der Waals surface area contributed by atoms with Gasteiger partial charge in [-0.25, -0.2) is 17.9 Å². The Morgan fingerprint density at radius 2 is 2.11 bits per heavy atom. The average molecular weight is 352 g/mol. The van der Waals surface area contributed by atoms with Crippen LogP contribution < -0.4 is 20.5 Å². The standard InChI is InChI=1S/C10H14BrN3O4S/c1-18-9-3-2-7(6-8(9)11)19(16,17)14-5-4-13-10(12)15/h2-3,6,14H,4-5H2,1H3,(H3,12,13,15). The van der Waals surface area contributed by atoms with Crippen molar-refractivity contribution in [1.29, 1.82) is 0 Å². The van der Waals surface area contributed by atoms with Gasteiger partial charge < -0.3 is 15.8 Å². The molecule has 0 bridgehead atoms. The molecule has 1 aromatic rings. The summed E-state index contributed by atoms with van der Waals surface area (Å²) in [6.45, 7) is 0.167. The van der Waals surface area contributed by atoms with Gasteiger partial charge in [-0.15, -0.1) is 0 Å². The van der Waals surface area contributed by atoms with Crippen LogP contribution in [0.3, 0.4) is 0 Å². The molecule has 0 fully saturated rings. The number of rotatable bonds is 6. The molecule has 19 heavy (non-hydrogen) atoms. The van der Waals surface area contributed by atoms with Crippen molar-refractivity contribution >= 4 is 32.0 Å². The minimum Gasteiger partial charge on any atom is -0.496 e. The van der Waals surface area contributed by atoms with Gasteiger partial charge in [-0.3, -0.25) is 0 Å². The van der Waals surface area contributed by atoms with Crippen molar-refractivity contribution in [3.63, 3.8) is 0 Å². The monoisotopic (exact) mass is 351 g/mol. The SMILES string of the molecule is COc1ccc(S(=O)(=O)NCCNC(N)=O)cc1Br. The molecule has 1 aromatic carbocycles. The molecule has 0 saturated carbocycles. The van der Waals surface area contributed by atoms with Gasteiger partial charge in [0.1, 0.15) is 5.75 Å². The Balaban J connectivity index is 2.72. The lowest BCUT2D eigenvalue weighted by molar-refractivity contribution is 0.249. The van der Waals surface area contributed by atoms with Crippen LogP contribution in [0.5, 0.6) is 5.75 Å². The van der Waals surface area contributed by atoms with Crippen LogP contribution in [-0.2, 0) is 10.0 Å².